The number of ether oxygens (including phenoxy) is 1. The Balaban J connectivity index is 0.00000320. The molecule has 3 rings (SSSR count). The van der Waals surface area contributed by atoms with Crippen LogP contribution in [0.4, 0.5) is 0 Å². The van der Waals surface area contributed by atoms with Gasteiger partial charge in [-0.05, 0) is 37.7 Å². The Morgan fingerprint density at radius 3 is 2.47 bits per heavy atom. The zero-order valence-electron chi connectivity index (χ0n) is 18.2. The molecule has 1 heterocycles. The first-order chi connectivity index (χ1) is 13.9. The molecule has 2 fully saturated rings. The van der Waals surface area contributed by atoms with Crippen LogP contribution < -0.4 is 5.32 Å². The summed E-state index contributed by atoms with van der Waals surface area (Å²) in [5, 5.41) is 3.49. The number of guanidine groups is 1. The molecule has 1 aliphatic carbocycles. The summed E-state index contributed by atoms with van der Waals surface area (Å²) in [6.07, 6.45) is 1.25. The molecule has 30 heavy (non-hydrogen) atoms. The molecule has 0 amide bonds. The van der Waals surface area contributed by atoms with Crippen molar-refractivity contribution >= 4 is 40.0 Å². The summed E-state index contributed by atoms with van der Waals surface area (Å²) >= 11 is 0. The van der Waals surface area contributed by atoms with Gasteiger partial charge < -0.3 is 15.0 Å². The summed E-state index contributed by atoms with van der Waals surface area (Å²) in [4.78, 5) is 6.56. The molecule has 170 valence electrons. The second-order valence-corrected chi connectivity index (χ2v) is 10.2. The predicted molar refractivity (Wildman–Crippen MR) is 132 cm³/mol. The Morgan fingerprint density at radius 1 is 1.20 bits per heavy atom. The second-order valence-electron chi connectivity index (χ2n) is 8.06. The molecule has 1 saturated carbocycles. The van der Waals surface area contributed by atoms with E-state index in [-0.39, 0.29) is 42.4 Å². The van der Waals surface area contributed by atoms with E-state index in [1.165, 1.54) is 12.0 Å². The van der Waals surface area contributed by atoms with Gasteiger partial charge in [-0.3, -0.25) is 4.99 Å². The molecule has 1 saturated heterocycles. The molecule has 7 nitrogen and oxygen atoms in total. The summed E-state index contributed by atoms with van der Waals surface area (Å²) in [6.45, 7) is 7.24. The van der Waals surface area contributed by atoms with Crippen LogP contribution in [0.25, 0.3) is 0 Å². The third-order valence-electron chi connectivity index (χ3n) is 5.61. The fourth-order valence-corrected chi connectivity index (χ4v) is 5.12. The first-order valence-electron chi connectivity index (χ1n) is 10.5. The molecule has 2 unspecified atom stereocenters. The average Bonchev–Trinajstić information content (AvgIpc) is 3.49. The van der Waals surface area contributed by atoms with Crippen molar-refractivity contribution in [3.8, 4) is 0 Å². The molecule has 1 N–H and O–H groups in total. The van der Waals surface area contributed by atoms with E-state index in [9.17, 15) is 8.42 Å². The van der Waals surface area contributed by atoms with Gasteiger partial charge in [0.05, 0.1) is 18.5 Å². The molecule has 9 heteroatoms. The molecule has 0 radical (unpaired) electrons. The Hall–Kier alpha value is -0.910. The molecule has 2 atom stereocenters. The lowest BCUT2D eigenvalue weighted by Crippen LogP contribution is -2.54. The van der Waals surface area contributed by atoms with Crippen molar-refractivity contribution in [3.05, 3.63) is 35.9 Å². The molecular formula is C21H35IN4O3S. The van der Waals surface area contributed by atoms with Gasteiger partial charge in [-0.1, -0.05) is 30.3 Å². The first-order valence-corrected chi connectivity index (χ1v) is 12.1. The molecule has 0 spiro atoms. The van der Waals surface area contributed by atoms with Gasteiger partial charge in [0, 0.05) is 39.8 Å². The molecule has 0 aromatic heterocycles. The van der Waals surface area contributed by atoms with Crippen molar-refractivity contribution in [2.45, 2.75) is 32.3 Å². The number of sulfonamides is 1. The summed E-state index contributed by atoms with van der Waals surface area (Å²) < 4.78 is 32.0. The highest BCUT2D eigenvalue weighted by Gasteiger charge is 2.38. The normalized spacial score (nSPS) is 22.7. The number of halogens is 1. The van der Waals surface area contributed by atoms with Crippen LogP contribution >= 0.6 is 24.0 Å². The number of nitrogens with zero attached hydrogens (tertiary/aromatic N) is 3. The number of hydrogen-bond acceptors (Lipinski definition) is 4. The number of benzene rings is 1. The van der Waals surface area contributed by atoms with Crippen LogP contribution in [-0.2, 0) is 14.8 Å². The van der Waals surface area contributed by atoms with E-state index in [1.54, 1.807) is 11.4 Å². The van der Waals surface area contributed by atoms with Crippen molar-refractivity contribution in [3.63, 3.8) is 0 Å². The third kappa shape index (κ3) is 7.06. The first kappa shape index (κ1) is 25.4. The van der Waals surface area contributed by atoms with E-state index in [2.05, 4.69) is 45.5 Å². The number of hydrogen-bond donors (Lipinski definition) is 1. The largest absolute Gasteiger partial charge is 0.378 e. The summed E-state index contributed by atoms with van der Waals surface area (Å²) in [6, 6.07) is 10.6. The maximum Gasteiger partial charge on any atom is 0.216 e. The minimum absolute atomic E-state index is 0. The second kappa shape index (κ2) is 11.6. The number of rotatable bonds is 8. The summed E-state index contributed by atoms with van der Waals surface area (Å²) in [5.41, 5.74) is 1.41. The van der Waals surface area contributed by atoms with E-state index < -0.39 is 10.0 Å². The minimum Gasteiger partial charge on any atom is -0.378 e. The average molecular weight is 551 g/mol. The summed E-state index contributed by atoms with van der Waals surface area (Å²) in [5.74, 6) is 2.18. The van der Waals surface area contributed by atoms with Gasteiger partial charge in [0.1, 0.15) is 0 Å². The van der Waals surface area contributed by atoms with E-state index in [1.807, 2.05) is 13.8 Å². The van der Waals surface area contributed by atoms with E-state index in [0.29, 0.717) is 38.0 Å². The van der Waals surface area contributed by atoms with Gasteiger partial charge in [0.15, 0.2) is 5.96 Å². The standard InChI is InChI=1S/C21H34N4O3S.HI/c1-17(2)28-13-14-29(26,27)25-11-9-24(10-12-25)21(22-3)23-16-19-15-20(19)18-7-5-4-6-8-18;/h4-8,17,19-20H,9-16H2,1-3H3,(H,22,23);1H. The Morgan fingerprint density at radius 2 is 1.87 bits per heavy atom. The zero-order valence-corrected chi connectivity index (χ0v) is 21.3. The topological polar surface area (TPSA) is 74.2 Å². The maximum absolute atomic E-state index is 12.5. The molecular weight excluding hydrogens is 515 g/mol. The van der Waals surface area contributed by atoms with Crippen LogP contribution in [0.3, 0.4) is 0 Å². The van der Waals surface area contributed by atoms with Gasteiger partial charge in [-0.15, -0.1) is 24.0 Å². The van der Waals surface area contributed by atoms with E-state index >= 15 is 0 Å². The zero-order chi connectivity index (χ0) is 20.9. The van der Waals surface area contributed by atoms with Crippen molar-refractivity contribution in [2.24, 2.45) is 10.9 Å². The van der Waals surface area contributed by atoms with Crippen LogP contribution in [0, 0.1) is 5.92 Å². The van der Waals surface area contributed by atoms with Crippen molar-refractivity contribution in [1.82, 2.24) is 14.5 Å². The molecule has 1 aromatic carbocycles. The highest BCUT2D eigenvalue weighted by molar-refractivity contribution is 14.0. The fraction of sp³-hybridized carbons (Fsp3) is 0.667. The van der Waals surface area contributed by atoms with Crippen molar-refractivity contribution < 1.29 is 13.2 Å². The lowest BCUT2D eigenvalue weighted by Gasteiger charge is -2.35. The monoisotopic (exact) mass is 550 g/mol. The molecule has 0 bridgehead atoms. The molecule has 2 aliphatic rings. The van der Waals surface area contributed by atoms with Crippen molar-refractivity contribution in [2.75, 3.05) is 52.1 Å². The SMILES string of the molecule is CN=C(NCC1CC1c1ccccc1)N1CCN(S(=O)(=O)CCOC(C)C)CC1.I. The lowest BCUT2D eigenvalue weighted by atomic mass is 10.1. The van der Waals surface area contributed by atoms with Crippen LogP contribution in [0.15, 0.2) is 35.3 Å². The van der Waals surface area contributed by atoms with Gasteiger partial charge in [0.25, 0.3) is 0 Å². The van der Waals surface area contributed by atoms with E-state index in [0.717, 1.165) is 12.5 Å². The summed E-state index contributed by atoms with van der Waals surface area (Å²) in [7, 11) is -1.48. The van der Waals surface area contributed by atoms with Crippen LogP contribution in [-0.4, -0.2) is 81.8 Å². The van der Waals surface area contributed by atoms with Gasteiger partial charge in [-0.25, -0.2) is 8.42 Å². The van der Waals surface area contributed by atoms with Gasteiger partial charge >= 0.3 is 0 Å². The Labute approximate surface area is 198 Å². The van der Waals surface area contributed by atoms with E-state index in [4.69, 9.17) is 4.74 Å². The lowest BCUT2D eigenvalue weighted by molar-refractivity contribution is 0.0904. The number of nitrogens with one attached hydrogen (secondary N) is 1. The number of aliphatic imine (C=N–C) groups is 1. The highest BCUT2D eigenvalue weighted by Crippen LogP contribution is 2.46. The quantitative estimate of drug-likeness (QED) is 0.306. The molecule has 1 aromatic rings. The third-order valence-corrected chi connectivity index (χ3v) is 7.44. The van der Waals surface area contributed by atoms with Crippen LogP contribution in [0.2, 0.25) is 0 Å². The smallest absolute Gasteiger partial charge is 0.216 e. The minimum atomic E-state index is -3.27. The van der Waals surface area contributed by atoms with Gasteiger partial charge in [0.2, 0.25) is 10.0 Å². The fourth-order valence-electron chi connectivity index (χ4n) is 3.83. The Kier molecular flexibility index (Phi) is 9.83. The molecule has 1 aliphatic heterocycles. The predicted octanol–water partition coefficient (Wildman–Crippen LogP) is 2.36. The van der Waals surface area contributed by atoms with Crippen LogP contribution in [0.1, 0.15) is 31.7 Å². The highest BCUT2D eigenvalue weighted by atomic mass is 127. The van der Waals surface area contributed by atoms with Crippen molar-refractivity contribution in [1.29, 1.82) is 0 Å². The maximum atomic E-state index is 12.5. The van der Waals surface area contributed by atoms with Gasteiger partial charge in [-0.2, -0.15) is 4.31 Å². The number of piperazine rings is 1. The Bertz CT molecular complexity index is 781. The van der Waals surface area contributed by atoms with Crippen LogP contribution in [0.5, 0.6) is 0 Å².